The predicted octanol–water partition coefficient (Wildman–Crippen LogP) is 3.03. The van der Waals surface area contributed by atoms with Crippen molar-refractivity contribution in [1.82, 2.24) is 0 Å². The zero-order valence-electron chi connectivity index (χ0n) is 11.0. The number of benzene rings is 2. The van der Waals surface area contributed by atoms with Crippen molar-refractivity contribution >= 4 is 5.69 Å². The summed E-state index contributed by atoms with van der Waals surface area (Å²) >= 11 is 0. The first-order valence-corrected chi connectivity index (χ1v) is 5.99. The highest BCUT2D eigenvalue weighted by Gasteiger charge is 2.03. The second-order valence-corrected chi connectivity index (χ2v) is 4.35. The van der Waals surface area contributed by atoms with Gasteiger partial charge in [-0.25, -0.2) is 0 Å². The van der Waals surface area contributed by atoms with E-state index in [2.05, 4.69) is 5.32 Å². The van der Waals surface area contributed by atoms with Gasteiger partial charge in [0.15, 0.2) is 0 Å². The number of hydrogen-bond acceptors (Lipinski definition) is 4. The van der Waals surface area contributed by atoms with E-state index in [1.807, 2.05) is 25.1 Å². The van der Waals surface area contributed by atoms with Gasteiger partial charge in [-0.2, -0.15) is 0 Å². The Hall–Kier alpha value is -2.36. The molecule has 0 atom stereocenters. The van der Waals surface area contributed by atoms with Crippen LogP contribution in [-0.4, -0.2) is 17.3 Å². The summed E-state index contributed by atoms with van der Waals surface area (Å²) in [5, 5.41) is 22.1. The summed E-state index contributed by atoms with van der Waals surface area (Å²) in [6.07, 6.45) is 0. The Labute approximate surface area is 112 Å². The summed E-state index contributed by atoms with van der Waals surface area (Å²) in [5.74, 6) is 0.984. The molecule has 0 radical (unpaired) electrons. The maximum atomic E-state index is 9.69. The van der Waals surface area contributed by atoms with Gasteiger partial charge in [0.25, 0.3) is 0 Å². The molecule has 0 unspecified atom stereocenters. The van der Waals surface area contributed by atoms with Crippen LogP contribution in [0.1, 0.15) is 11.1 Å². The number of nitrogens with one attached hydrogen (secondary N) is 1. The lowest BCUT2D eigenvalue weighted by molar-refractivity contribution is 0.412. The molecule has 2 aromatic carbocycles. The molecule has 0 aliphatic rings. The lowest BCUT2D eigenvalue weighted by atomic mass is 10.1. The van der Waals surface area contributed by atoms with Crippen molar-refractivity contribution in [2.75, 3.05) is 12.4 Å². The number of hydrogen-bond donors (Lipinski definition) is 3. The van der Waals surface area contributed by atoms with Gasteiger partial charge in [-0.1, -0.05) is 0 Å². The van der Waals surface area contributed by atoms with Crippen LogP contribution in [0.25, 0.3) is 0 Å². The van der Waals surface area contributed by atoms with Crippen LogP contribution in [0, 0.1) is 6.92 Å². The fourth-order valence-corrected chi connectivity index (χ4v) is 1.89. The molecule has 0 spiro atoms. The van der Waals surface area contributed by atoms with Crippen LogP contribution < -0.4 is 10.1 Å². The van der Waals surface area contributed by atoms with E-state index in [-0.39, 0.29) is 11.5 Å². The van der Waals surface area contributed by atoms with E-state index in [0.29, 0.717) is 6.54 Å². The lowest BCUT2D eigenvalue weighted by Gasteiger charge is -2.11. The van der Waals surface area contributed by atoms with Crippen LogP contribution in [-0.2, 0) is 6.54 Å². The van der Waals surface area contributed by atoms with Crippen molar-refractivity contribution in [2.24, 2.45) is 0 Å². The molecule has 0 saturated carbocycles. The predicted molar refractivity (Wildman–Crippen MR) is 74.8 cm³/mol. The third-order valence-corrected chi connectivity index (χ3v) is 2.95. The molecule has 0 aliphatic heterocycles. The van der Waals surface area contributed by atoms with E-state index in [1.54, 1.807) is 19.2 Å². The third-order valence-electron chi connectivity index (χ3n) is 2.95. The fraction of sp³-hybridized carbons (Fsp3) is 0.200. The molecule has 0 bridgehead atoms. The Kier molecular flexibility index (Phi) is 3.80. The van der Waals surface area contributed by atoms with E-state index in [0.717, 1.165) is 22.6 Å². The monoisotopic (exact) mass is 259 g/mol. The summed E-state index contributed by atoms with van der Waals surface area (Å²) in [4.78, 5) is 0. The molecule has 19 heavy (non-hydrogen) atoms. The third kappa shape index (κ3) is 3.10. The van der Waals surface area contributed by atoms with Gasteiger partial charge in [-0.3, -0.25) is 0 Å². The summed E-state index contributed by atoms with van der Waals surface area (Å²) in [5.41, 5.74) is 2.72. The molecule has 0 saturated heterocycles. The van der Waals surface area contributed by atoms with E-state index < -0.39 is 0 Å². The molecule has 0 amide bonds. The molecule has 2 rings (SSSR count). The molecular weight excluding hydrogens is 242 g/mol. The second-order valence-electron chi connectivity index (χ2n) is 4.35. The van der Waals surface area contributed by atoms with Gasteiger partial charge in [0.1, 0.15) is 17.2 Å². The van der Waals surface area contributed by atoms with Gasteiger partial charge in [0, 0.05) is 23.9 Å². The van der Waals surface area contributed by atoms with Crippen LogP contribution in [0.2, 0.25) is 0 Å². The molecular formula is C15H17NO3. The van der Waals surface area contributed by atoms with Crippen LogP contribution >= 0.6 is 0 Å². The molecule has 4 heteroatoms. The highest BCUT2D eigenvalue weighted by atomic mass is 16.5. The zero-order chi connectivity index (χ0) is 13.8. The maximum Gasteiger partial charge on any atom is 0.124 e. The van der Waals surface area contributed by atoms with E-state index in [4.69, 9.17) is 4.74 Å². The minimum atomic E-state index is 0.0570. The van der Waals surface area contributed by atoms with Crippen molar-refractivity contribution in [3.05, 3.63) is 47.5 Å². The summed E-state index contributed by atoms with van der Waals surface area (Å²) in [7, 11) is 1.64. The molecule has 3 N–H and O–H groups in total. The zero-order valence-corrected chi connectivity index (χ0v) is 11.0. The first-order chi connectivity index (χ1) is 9.10. The van der Waals surface area contributed by atoms with Crippen molar-refractivity contribution in [3.63, 3.8) is 0 Å². The molecule has 0 heterocycles. The lowest BCUT2D eigenvalue weighted by Crippen LogP contribution is -2.00. The van der Waals surface area contributed by atoms with Crippen LogP contribution in [0.15, 0.2) is 36.4 Å². The number of rotatable bonds is 4. The highest BCUT2D eigenvalue weighted by Crippen LogP contribution is 2.25. The molecule has 0 aromatic heterocycles. The Bertz CT molecular complexity index is 582. The highest BCUT2D eigenvalue weighted by molar-refractivity contribution is 5.52. The first kappa shape index (κ1) is 13.1. The molecule has 4 nitrogen and oxygen atoms in total. The number of phenols is 2. The van der Waals surface area contributed by atoms with E-state index in [1.165, 1.54) is 6.07 Å². The number of anilines is 1. The minimum absolute atomic E-state index is 0.0570. The quantitative estimate of drug-likeness (QED) is 0.789. The van der Waals surface area contributed by atoms with Crippen LogP contribution in [0.5, 0.6) is 17.2 Å². The molecule has 0 aliphatic carbocycles. The summed E-state index contributed by atoms with van der Waals surface area (Å²) < 4.78 is 5.20. The van der Waals surface area contributed by atoms with Crippen molar-refractivity contribution in [2.45, 2.75) is 13.5 Å². The smallest absolute Gasteiger partial charge is 0.124 e. The molecule has 2 aromatic rings. The molecule has 100 valence electrons. The standard InChI is InChI=1S/C15H17NO3/c1-10-7-12(4-6-15(10)19-2)16-9-11-3-5-13(17)8-14(11)18/h3-8,16-18H,9H2,1-2H3. The summed E-state index contributed by atoms with van der Waals surface area (Å²) in [6, 6.07) is 10.4. The number of phenolic OH excluding ortho intramolecular Hbond substituents is 2. The van der Waals surface area contributed by atoms with Gasteiger partial charge < -0.3 is 20.3 Å². The topological polar surface area (TPSA) is 61.7 Å². The largest absolute Gasteiger partial charge is 0.508 e. The van der Waals surface area contributed by atoms with E-state index >= 15 is 0 Å². The van der Waals surface area contributed by atoms with Gasteiger partial charge in [-0.05, 0) is 42.8 Å². The van der Waals surface area contributed by atoms with E-state index in [9.17, 15) is 10.2 Å². The van der Waals surface area contributed by atoms with Crippen molar-refractivity contribution in [3.8, 4) is 17.2 Å². The minimum Gasteiger partial charge on any atom is -0.508 e. The van der Waals surface area contributed by atoms with Crippen molar-refractivity contribution < 1.29 is 14.9 Å². The van der Waals surface area contributed by atoms with Gasteiger partial charge in [0.05, 0.1) is 7.11 Å². The second kappa shape index (κ2) is 5.52. The van der Waals surface area contributed by atoms with Crippen LogP contribution in [0.4, 0.5) is 5.69 Å². The van der Waals surface area contributed by atoms with Crippen LogP contribution in [0.3, 0.4) is 0 Å². The van der Waals surface area contributed by atoms with Gasteiger partial charge >= 0.3 is 0 Å². The number of aryl methyl sites for hydroxylation is 1. The average Bonchev–Trinajstić information content (AvgIpc) is 2.38. The SMILES string of the molecule is COc1ccc(NCc2ccc(O)cc2O)cc1C. The Morgan fingerprint density at radius 1 is 1.11 bits per heavy atom. The average molecular weight is 259 g/mol. The molecule has 0 fully saturated rings. The number of aromatic hydroxyl groups is 2. The van der Waals surface area contributed by atoms with Gasteiger partial charge in [-0.15, -0.1) is 0 Å². The first-order valence-electron chi connectivity index (χ1n) is 5.99. The fourth-order valence-electron chi connectivity index (χ4n) is 1.89. The maximum absolute atomic E-state index is 9.69. The Balaban J connectivity index is 2.08. The summed E-state index contributed by atoms with van der Waals surface area (Å²) in [6.45, 7) is 2.46. The Morgan fingerprint density at radius 3 is 2.53 bits per heavy atom. The normalized spacial score (nSPS) is 10.2. The number of methoxy groups -OCH3 is 1. The van der Waals surface area contributed by atoms with Gasteiger partial charge in [0.2, 0.25) is 0 Å². The number of ether oxygens (including phenoxy) is 1. The Morgan fingerprint density at radius 2 is 1.89 bits per heavy atom. The van der Waals surface area contributed by atoms with Crippen molar-refractivity contribution in [1.29, 1.82) is 0 Å².